The van der Waals surface area contributed by atoms with Crippen LogP contribution in [0, 0.1) is 0 Å². The summed E-state index contributed by atoms with van der Waals surface area (Å²) < 4.78 is 1.24. The molecule has 0 fully saturated rings. The lowest BCUT2D eigenvalue weighted by Crippen LogP contribution is -1.82. The maximum Gasteiger partial charge on any atom is 0.104 e. The number of aliphatic hydroxyl groups is 1. The Kier molecular flexibility index (Phi) is 3.82. The molecule has 19 heavy (non-hydrogen) atoms. The zero-order valence-corrected chi connectivity index (χ0v) is 11.9. The predicted octanol–water partition coefficient (Wildman–Crippen LogP) is 4.08. The Bertz CT molecular complexity index is 643. The minimum absolute atomic E-state index is 0.100. The van der Waals surface area contributed by atoms with Gasteiger partial charge in [0.15, 0.2) is 0 Å². The molecule has 0 bridgehead atoms. The van der Waals surface area contributed by atoms with E-state index < -0.39 is 0 Å². The summed E-state index contributed by atoms with van der Waals surface area (Å²) in [6.07, 6.45) is 0. The normalized spacial score (nSPS) is 11.0. The molecule has 4 heteroatoms. The number of hydrogen-bond donors (Lipinski definition) is 1. The zero-order chi connectivity index (χ0) is 13.1. The predicted molar refractivity (Wildman–Crippen MR) is 81.5 cm³/mol. The fourth-order valence-electron chi connectivity index (χ4n) is 1.82. The summed E-state index contributed by atoms with van der Waals surface area (Å²) in [6.45, 7) is 0.100. The highest BCUT2D eigenvalue weighted by atomic mass is 32.2. The summed E-state index contributed by atoms with van der Waals surface area (Å²) in [5.74, 6) is 0.887. The van der Waals surface area contributed by atoms with Crippen LogP contribution >= 0.6 is 23.1 Å². The highest BCUT2D eigenvalue weighted by molar-refractivity contribution is 7.98. The fraction of sp³-hybridized carbons (Fsp3) is 0.133. The van der Waals surface area contributed by atoms with Gasteiger partial charge in [0, 0.05) is 4.90 Å². The first-order chi connectivity index (χ1) is 9.35. The van der Waals surface area contributed by atoms with Gasteiger partial charge in [0.25, 0.3) is 0 Å². The van der Waals surface area contributed by atoms with Gasteiger partial charge in [0.05, 0.1) is 22.6 Å². The number of aromatic nitrogens is 1. The van der Waals surface area contributed by atoms with Crippen LogP contribution in [0.4, 0.5) is 0 Å². The Labute approximate surface area is 120 Å². The van der Waals surface area contributed by atoms with E-state index in [1.165, 1.54) is 9.60 Å². The van der Waals surface area contributed by atoms with Crippen LogP contribution in [0.2, 0.25) is 0 Å². The Morgan fingerprint density at radius 1 is 1.05 bits per heavy atom. The molecule has 1 heterocycles. The number of thioether (sulfide) groups is 1. The van der Waals surface area contributed by atoms with E-state index in [1.54, 1.807) is 23.1 Å². The average Bonchev–Trinajstić information content (AvgIpc) is 2.88. The molecule has 0 unspecified atom stereocenters. The van der Waals surface area contributed by atoms with Gasteiger partial charge in [-0.05, 0) is 29.8 Å². The first-order valence-corrected chi connectivity index (χ1v) is 7.82. The molecule has 2 aromatic carbocycles. The molecule has 0 saturated carbocycles. The molecule has 0 aliphatic rings. The van der Waals surface area contributed by atoms with Crippen molar-refractivity contribution in [3.05, 3.63) is 59.1 Å². The van der Waals surface area contributed by atoms with E-state index in [9.17, 15) is 0 Å². The van der Waals surface area contributed by atoms with Crippen molar-refractivity contribution in [2.45, 2.75) is 17.3 Å². The molecule has 0 radical (unpaired) electrons. The van der Waals surface area contributed by atoms with Crippen LogP contribution in [0.15, 0.2) is 53.4 Å². The third-order valence-electron chi connectivity index (χ3n) is 2.81. The van der Waals surface area contributed by atoms with Gasteiger partial charge in [-0.15, -0.1) is 23.1 Å². The van der Waals surface area contributed by atoms with E-state index in [2.05, 4.69) is 17.1 Å². The van der Waals surface area contributed by atoms with Crippen LogP contribution in [-0.4, -0.2) is 10.1 Å². The van der Waals surface area contributed by atoms with Crippen LogP contribution in [0.5, 0.6) is 0 Å². The van der Waals surface area contributed by atoms with E-state index in [0.717, 1.165) is 21.8 Å². The number of rotatable bonds is 4. The van der Waals surface area contributed by atoms with Crippen LogP contribution in [0.3, 0.4) is 0 Å². The lowest BCUT2D eigenvalue weighted by molar-refractivity contribution is 0.282. The number of fused-ring (bicyclic) bond motifs is 1. The standard InChI is InChI=1S/C15H13NOS2/c17-9-11-5-7-12(8-6-11)18-10-15-16-13-3-1-2-4-14(13)19-15/h1-8,17H,9-10H2. The van der Waals surface area contributed by atoms with Crippen molar-refractivity contribution in [1.82, 2.24) is 4.98 Å². The molecule has 2 nitrogen and oxygen atoms in total. The van der Waals surface area contributed by atoms with Gasteiger partial charge in [-0.1, -0.05) is 24.3 Å². The third kappa shape index (κ3) is 2.97. The second-order valence-electron chi connectivity index (χ2n) is 4.17. The lowest BCUT2D eigenvalue weighted by atomic mass is 10.2. The number of benzene rings is 2. The minimum atomic E-state index is 0.100. The number of aliphatic hydroxyl groups excluding tert-OH is 1. The largest absolute Gasteiger partial charge is 0.392 e. The highest BCUT2D eigenvalue weighted by Crippen LogP contribution is 2.28. The molecule has 0 aliphatic heterocycles. The van der Waals surface area contributed by atoms with Gasteiger partial charge in [0.2, 0.25) is 0 Å². The quantitative estimate of drug-likeness (QED) is 0.734. The van der Waals surface area contributed by atoms with Gasteiger partial charge >= 0.3 is 0 Å². The minimum Gasteiger partial charge on any atom is -0.392 e. The van der Waals surface area contributed by atoms with E-state index in [4.69, 9.17) is 5.11 Å². The highest BCUT2D eigenvalue weighted by Gasteiger charge is 2.03. The number of nitrogens with zero attached hydrogens (tertiary/aromatic N) is 1. The van der Waals surface area contributed by atoms with Crippen molar-refractivity contribution in [1.29, 1.82) is 0 Å². The van der Waals surface area contributed by atoms with Gasteiger partial charge in [-0.25, -0.2) is 4.98 Å². The van der Waals surface area contributed by atoms with Crippen LogP contribution < -0.4 is 0 Å². The second kappa shape index (κ2) is 5.74. The summed E-state index contributed by atoms with van der Waals surface area (Å²) in [5, 5.41) is 10.2. The van der Waals surface area contributed by atoms with Gasteiger partial charge < -0.3 is 5.11 Å². The monoisotopic (exact) mass is 287 g/mol. The molecule has 3 rings (SSSR count). The summed E-state index contributed by atoms with van der Waals surface area (Å²) in [5.41, 5.74) is 2.03. The smallest absolute Gasteiger partial charge is 0.104 e. The van der Waals surface area contributed by atoms with Gasteiger partial charge in [0.1, 0.15) is 5.01 Å². The van der Waals surface area contributed by atoms with Crippen molar-refractivity contribution in [3.63, 3.8) is 0 Å². The molecule has 96 valence electrons. The van der Waals surface area contributed by atoms with E-state index in [-0.39, 0.29) is 6.61 Å². The van der Waals surface area contributed by atoms with E-state index in [0.29, 0.717) is 0 Å². The SMILES string of the molecule is OCc1ccc(SCc2nc3ccccc3s2)cc1. The zero-order valence-electron chi connectivity index (χ0n) is 10.2. The maximum atomic E-state index is 9.00. The van der Waals surface area contributed by atoms with Crippen molar-refractivity contribution in [2.24, 2.45) is 0 Å². The molecule has 3 aromatic rings. The van der Waals surface area contributed by atoms with Gasteiger partial charge in [-0.2, -0.15) is 0 Å². The Hall–Kier alpha value is -1.36. The van der Waals surface area contributed by atoms with E-state index >= 15 is 0 Å². The molecule has 0 spiro atoms. The topological polar surface area (TPSA) is 33.1 Å². The summed E-state index contributed by atoms with van der Waals surface area (Å²) in [7, 11) is 0. The summed E-state index contributed by atoms with van der Waals surface area (Å²) in [6, 6.07) is 16.2. The number of hydrogen-bond acceptors (Lipinski definition) is 4. The first kappa shape index (κ1) is 12.7. The van der Waals surface area contributed by atoms with Crippen LogP contribution in [0.1, 0.15) is 10.6 Å². The second-order valence-corrected chi connectivity index (χ2v) is 6.33. The molecule has 1 aromatic heterocycles. The molecule has 0 aliphatic carbocycles. The Balaban J connectivity index is 1.70. The average molecular weight is 287 g/mol. The third-order valence-corrected chi connectivity index (χ3v) is 5.05. The molecule has 0 amide bonds. The Morgan fingerprint density at radius 2 is 1.84 bits per heavy atom. The number of thiazole rings is 1. The Morgan fingerprint density at radius 3 is 2.58 bits per heavy atom. The van der Waals surface area contributed by atoms with Crippen molar-refractivity contribution >= 4 is 33.3 Å². The van der Waals surface area contributed by atoms with Crippen LogP contribution in [-0.2, 0) is 12.4 Å². The number of para-hydroxylation sites is 1. The molecule has 0 saturated heterocycles. The first-order valence-electron chi connectivity index (χ1n) is 6.02. The molecule has 0 atom stereocenters. The van der Waals surface area contributed by atoms with Crippen molar-refractivity contribution in [2.75, 3.05) is 0 Å². The van der Waals surface area contributed by atoms with Crippen molar-refractivity contribution < 1.29 is 5.11 Å². The molecular weight excluding hydrogens is 274 g/mol. The van der Waals surface area contributed by atoms with E-state index in [1.807, 2.05) is 36.4 Å². The van der Waals surface area contributed by atoms with Crippen LogP contribution in [0.25, 0.3) is 10.2 Å². The van der Waals surface area contributed by atoms with Crippen molar-refractivity contribution in [3.8, 4) is 0 Å². The fourth-order valence-corrected chi connectivity index (χ4v) is 3.68. The summed E-state index contributed by atoms with van der Waals surface area (Å²) in [4.78, 5) is 5.82. The molecular formula is C15H13NOS2. The van der Waals surface area contributed by atoms with Gasteiger partial charge in [-0.3, -0.25) is 0 Å². The molecule has 1 N–H and O–H groups in total. The maximum absolute atomic E-state index is 9.00. The lowest BCUT2D eigenvalue weighted by Gasteiger charge is -2.00. The summed E-state index contributed by atoms with van der Waals surface area (Å²) >= 11 is 3.53.